The molecular formula is C15H22N2O2. The lowest BCUT2D eigenvalue weighted by molar-refractivity contribution is -0.143. The number of benzene rings is 1. The summed E-state index contributed by atoms with van der Waals surface area (Å²) in [6, 6.07) is 8.34. The topological polar surface area (TPSA) is 41.6 Å². The van der Waals surface area contributed by atoms with Crippen molar-refractivity contribution >= 4 is 5.91 Å². The summed E-state index contributed by atoms with van der Waals surface area (Å²) in [5.41, 5.74) is 2.39. The molecule has 1 aromatic rings. The largest absolute Gasteiger partial charge is 0.370 e. The molecule has 104 valence electrons. The Morgan fingerprint density at radius 1 is 1.47 bits per heavy atom. The van der Waals surface area contributed by atoms with Crippen LogP contribution in [0.25, 0.3) is 0 Å². The maximum atomic E-state index is 12.1. The highest BCUT2D eigenvalue weighted by Gasteiger charge is 2.30. The fourth-order valence-corrected chi connectivity index (χ4v) is 2.49. The summed E-state index contributed by atoms with van der Waals surface area (Å²) in [6.07, 6.45) is -0.0155. The van der Waals surface area contributed by atoms with E-state index in [4.69, 9.17) is 4.74 Å². The van der Waals surface area contributed by atoms with Gasteiger partial charge in [0.1, 0.15) is 6.10 Å². The van der Waals surface area contributed by atoms with Gasteiger partial charge in [-0.3, -0.25) is 4.79 Å². The molecule has 0 aliphatic carbocycles. The number of carbonyl (C=O) groups excluding carboxylic acids is 1. The number of hydrogen-bond donors (Lipinski definition) is 1. The van der Waals surface area contributed by atoms with Crippen LogP contribution >= 0.6 is 0 Å². The molecule has 4 nitrogen and oxygen atoms in total. The summed E-state index contributed by atoms with van der Waals surface area (Å²) < 4.78 is 5.90. The van der Waals surface area contributed by atoms with Crippen LogP contribution in [0, 0.1) is 6.92 Å². The average molecular weight is 262 g/mol. The third kappa shape index (κ3) is 3.14. The van der Waals surface area contributed by atoms with Gasteiger partial charge in [0.15, 0.2) is 0 Å². The molecule has 0 radical (unpaired) electrons. The van der Waals surface area contributed by atoms with Crippen LogP contribution < -0.4 is 5.32 Å². The predicted molar refractivity (Wildman–Crippen MR) is 75.0 cm³/mol. The summed E-state index contributed by atoms with van der Waals surface area (Å²) in [6.45, 7) is 5.71. The van der Waals surface area contributed by atoms with Crippen molar-refractivity contribution in [2.45, 2.75) is 26.0 Å². The molecule has 0 bridgehead atoms. The molecule has 1 aliphatic heterocycles. The molecule has 0 saturated carbocycles. The summed E-state index contributed by atoms with van der Waals surface area (Å²) >= 11 is 0. The van der Waals surface area contributed by atoms with E-state index in [9.17, 15) is 4.79 Å². The molecule has 2 rings (SSSR count). The number of carbonyl (C=O) groups is 1. The van der Waals surface area contributed by atoms with E-state index < -0.39 is 0 Å². The van der Waals surface area contributed by atoms with E-state index in [2.05, 4.69) is 24.4 Å². The predicted octanol–water partition coefficient (Wildman–Crippen LogP) is 1.50. The van der Waals surface area contributed by atoms with Crippen molar-refractivity contribution in [3.63, 3.8) is 0 Å². The van der Waals surface area contributed by atoms with Crippen molar-refractivity contribution < 1.29 is 9.53 Å². The SMILES string of the molecule is CNCC(=O)N1CC(c2ccccc2C)OCC1C. The van der Waals surface area contributed by atoms with Gasteiger partial charge in [-0.1, -0.05) is 24.3 Å². The van der Waals surface area contributed by atoms with Crippen LogP contribution in [0.1, 0.15) is 24.2 Å². The van der Waals surface area contributed by atoms with E-state index in [1.165, 1.54) is 11.1 Å². The van der Waals surface area contributed by atoms with Gasteiger partial charge in [-0.2, -0.15) is 0 Å². The molecule has 2 atom stereocenters. The lowest BCUT2D eigenvalue weighted by Gasteiger charge is -2.38. The van der Waals surface area contributed by atoms with Crippen molar-refractivity contribution in [3.8, 4) is 0 Å². The summed E-state index contributed by atoms with van der Waals surface area (Å²) in [5.74, 6) is 0.136. The van der Waals surface area contributed by atoms with Gasteiger partial charge >= 0.3 is 0 Å². The first-order valence-electron chi connectivity index (χ1n) is 6.74. The van der Waals surface area contributed by atoms with Gasteiger partial charge in [-0.25, -0.2) is 0 Å². The maximum absolute atomic E-state index is 12.1. The molecule has 0 aromatic heterocycles. The van der Waals surface area contributed by atoms with Gasteiger partial charge in [-0.05, 0) is 32.0 Å². The highest BCUT2D eigenvalue weighted by atomic mass is 16.5. The standard InChI is InChI=1S/C15H22N2O2/c1-11-6-4-5-7-13(11)14-9-17(12(2)10-19-14)15(18)8-16-3/h4-7,12,14,16H,8-10H2,1-3H3. The molecular weight excluding hydrogens is 240 g/mol. The zero-order chi connectivity index (χ0) is 13.8. The van der Waals surface area contributed by atoms with E-state index in [-0.39, 0.29) is 18.1 Å². The minimum absolute atomic E-state index is 0.0155. The minimum atomic E-state index is -0.0155. The summed E-state index contributed by atoms with van der Waals surface area (Å²) in [4.78, 5) is 14.0. The first kappa shape index (κ1) is 14.0. The second kappa shape index (κ2) is 6.17. The number of likely N-dealkylation sites (N-methyl/N-ethyl adjacent to an activating group) is 1. The number of hydrogen-bond acceptors (Lipinski definition) is 3. The number of morpholine rings is 1. The van der Waals surface area contributed by atoms with Crippen LogP contribution in [0.3, 0.4) is 0 Å². The molecule has 2 unspecified atom stereocenters. The zero-order valence-electron chi connectivity index (χ0n) is 11.8. The molecule has 4 heteroatoms. The van der Waals surface area contributed by atoms with E-state index in [0.717, 1.165) is 0 Å². The van der Waals surface area contributed by atoms with Crippen LogP contribution in [-0.2, 0) is 9.53 Å². The van der Waals surface area contributed by atoms with Crippen LogP contribution in [-0.4, -0.2) is 43.6 Å². The van der Waals surface area contributed by atoms with Crippen molar-refractivity contribution in [2.24, 2.45) is 0 Å². The van der Waals surface area contributed by atoms with Crippen LogP contribution in [0.15, 0.2) is 24.3 Å². The van der Waals surface area contributed by atoms with Gasteiger partial charge < -0.3 is 15.0 Å². The highest BCUT2D eigenvalue weighted by Crippen LogP contribution is 2.27. The normalized spacial score (nSPS) is 23.4. The zero-order valence-corrected chi connectivity index (χ0v) is 11.8. The Morgan fingerprint density at radius 3 is 2.89 bits per heavy atom. The average Bonchev–Trinajstić information content (AvgIpc) is 2.40. The van der Waals surface area contributed by atoms with E-state index in [1.54, 1.807) is 7.05 Å². The Balaban J connectivity index is 2.13. The second-order valence-electron chi connectivity index (χ2n) is 5.10. The number of ether oxygens (including phenoxy) is 1. The van der Waals surface area contributed by atoms with Gasteiger partial charge in [0.05, 0.1) is 25.7 Å². The number of nitrogens with zero attached hydrogens (tertiary/aromatic N) is 1. The molecule has 19 heavy (non-hydrogen) atoms. The Hall–Kier alpha value is -1.39. The van der Waals surface area contributed by atoms with Gasteiger partial charge in [0.2, 0.25) is 5.91 Å². The van der Waals surface area contributed by atoms with Crippen LogP contribution in [0.5, 0.6) is 0 Å². The monoisotopic (exact) mass is 262 g/mol. The van der Waals surface area contributed by atoms with Crippen LogP contribution in [0.2, 0.25) is 0 Å². The first-order chi connectivity index (χ1) is 9.13. The number of amides is 1. The van der Waals surface area contributed by atoms with Crippen molar-refractivity contribution in [2.75, 3.05) is 26.7 Å². The summed E-state index contributed by atoms with van der Waals surface area (Å²) in [5, 5.41) is 2.92. The third-order valence-electron chi connectivity index (χ3n) is 3.62. The molecule has 1 heterocycles. The third-order valence-corrected chi connectivity index (χ3v) is 3.62. The summed E-state index contributed by atoms with van der Waals surface area (Å²) in [7, 11) is 1.79. The lowest BCUT2D eigenvalue weighted by atomic mass is 10.0. The van der Waals surface area contributed by atoms with Gasteiger partial charge in [-0.15, -0.1) is 0 Å². The van der Waals surface area contributed by atoms with Crippen molar-refractivity contribution in [1.82, 2.24) is 10.2 Å². The van der Waals surface area contributed by atoms with Crippen molar-refractivity contribution in [1.29, 1.82) is 0 Å². The molecule has 1 saturated heterocycles. The molecule has 1 aromatic carbocycles. The molecule has 0 spiro atoms. The van der Waals surface area contributed by atoms with Crippen molar-refractivity contribution in [3.05, 3.63) is 35.4 Å². The van der Waals surface area contributed by atoms with E-state index >= 15 is 0 Å². The minimum Gasteiger partial charge on any atom is -0.370 e. The molecule has 1 aliphatic rings. The Bertz CT molecular complexity index is 448. The lowest BCUT2D eigenvalue weighted by Crippen LogP contribution is -2.50. The van der Waals surface area contributed by atoms with E-state index in [0.29, 0.717) is 19.7 Å². The fourth-order valence-electron chi connectivity index (χ4n) is 2.49. The maximum Gasteiger partial charge on any atom is 0.236 e. The number of aryl methyl sites for hydroxylation is 1. The molecule has 1 amide bonds. The molecule has 1 N–H and O–H groups in total. The van der Waals surface area contributed by atoms with Gasteiger partial charge in [0.25, 0.3) is 0 Å². The Morgan fingerprint density at radius 2 is 2.21 bits per heavy atom. The highest BCUT2D eigenvalue weighted by molar-refractivity contribution is 5.78. The molecule has 1 fully saturated rings. The van der Waals surface area contributed by atoms with Gasteiger partial charge in [0, 0.05) is 0 Å². The number of rotatable bonds is 3. The second-order valence-corrected chi connectivity index (χ2v) is 5.10. The quantitative estimate of drug-likeness (QED) is 0.897. The first-order valence-corrected chi connectivity index (χ1v) is 6.74. The fraction of sp³-hybridized carbons (Fsp3) is 0.533. The van der Waals surface area contributed by atoms with Crippen LogP contribution in [0.4, 0.5) is 0 Å². The Labute approximate surface area is 114 Å². The van der Waals surface area contributed by atoms with E-state index in [1.807, 2.05) is 24.0 Å². The number of nitrogens with one attached hydrogen (secondary N) is 1. The Kier molecular flexibility index (Phi) is 4.56. The smallest absolute Gasteiger partial charge is 0.236 e.